The van der Waals surface area contributed by atoms with Crippen molar-refractivity contribution in [2.75, 3.05) is 18.0 Å². The number of anilines is 1. The van der Waals surface area contributed by atoms with E-state index in [0.29, 0.717) is 6.54 Å². The second-order valence-corrected chi connectivity index (χ2v) is 7.94. The van der Waals surface area contributed by atoms with Crippen LogP contribution >= 0.6 is 0 Å². The number of carbonyl (C=O) groups is 1. The molecule has 0 radical (unpaired) electrons. The number of aliphatic hydroxyl groups is 1. The van der Waals surface area contributed by atoms with E-state index in [-0.39, 0.29) is 24.0 Å². The molecule has 1 aliphatic carbocycles. The van der Waals surface area contributed by atoms with E-state index < -0.39 is 0 Å². The molecule has 1 saturated carbocycles. The Morgan fingerprint density at radius 3 is 2.50 bits per heavy atom. The van der Waals surface area contributed by atoms with Gasteiger partial charge in [0.15, 0.2) is 5.82 Å². The summed E-state index contributed by atoms with van der Waals surface area (Å²) in [5.41, 5.74) is 1.91. The first-order valence-electron chi connectivity index (χ1n) is 10.3. The van der Waals surface area contributed by atoms with Crippen LogP contribution in [0.5, 0.6) is 0 Å². The molecule has 1 aliphatic heterocycles. The van der Waals surface area contributed by atoms with Crippen molar-refractivity contribution >= 4 is 11.7 Å². The second-order valence-electron chi connectivity index (χ2n) is 7.94. The monoisotopic (exact) mass is 380 g/mol. The molecule has 1 saturated heterocycles. The van der Waals surface area contributed by atoms with Crippen molar-refractivity contribution in [3.63, 3.8) is 0 Å². The highest BCUT2D eigenvalue weighted by Gasteiger charge is 2.29. The van der Waals surface area contributed by atoms with Gasteiger partial charge >= 0.3 is 0 Å². The minimum Gasteiger partial charge on any atom is -0.393 e. The maximum atomic E-state index is 12.7. The molecule has 0 bridgehead atoms. The summed E-state index contributed by atoms with van der Waals surface area (Å²) < 4.78 is 0. The standard InChI is InChI=1S/C22H28N4O2/c27-19-10-8-18(9-11-19)23-22(28)17-7-4-14-26(15-17)21-13-12-20(24-25-21)16-5-2-1-3-6-16/h1-3,5-6,12-13,17-19,27H,4,7-11,14-15H2,(H,23,28). The molecule has 148 valence electrons. The van der Waals surface area contributed by atoms with E-state index in [1.165, 1.54) is 0 Å². The van der Waals surface area contributed by atoms with Gasteiger partial charge in [-0.2, -0.15) is 0 Å². The summed E-state index contributed by atoms with van der Waals surface area (Å²) in [4.78, 5) is 14.9. The number of benzene rings is 1. The number of amides is 1. The van der Waals surface area contributed by atoms with E-state index >= 15 is 0 Å². The number of piperidine rings is 1. The van der Waals surface area contributed by atoms with Gasteiger partial charge in [0.25, 0.3) is 0 Å². The fraction of sp³-hybridized carbons (Fsp3) is 0.500. The Hall–Kier alpha value is -2.47. The maximum Gasteiger partial charge on any atom is 0.225 e. The Labute approximate surface area is 166 Å². The molecular weight excluding hydrogens is 352 g/mol. The highest BCUT2D eigenvalue weighted by Crippen LogP contribution is 2.24. The number of aromatic nitrogens is 2. The topological polar surface area (TPSA) is 78.4 Å². The summed E-state index contributed by atoms with van der Waals surface area (Å²) >= 11 is 0. The third-order valence-electron chi connectivity index (χ3n) is 5.88. The van der Waals surface area contributed by atoms with Crippen LogP contribution in [0.3, 0.4) is 0 Å². The number of hydrogen-bond acceptors (Lipinski definition) is 5. The van der Waals surface area contributed by atoms with E-state index in [2.05, 4.69) is 20.4 Å². The van der Waals surface area contributed by atoms with Gasteiger partial charge in [0.2, 0.25) is 5.91 Å². The van der Waals surface area contributed by atoms with Gasteiger partial charge in [-0.3, -0.25) is 4.79 Å². The third kappa shape index (κ3) is 4.50. The Morgan fingerprint density at radius 1 is 1.00 bits per heavy atom. The lowest BCUT2D eigenvalue weighted by Crippen LogP contribution is -2.47. The molecule has 2 fully saturated rings. The molecule has 2 aromatic rings. The SMILES string of the molecule is O=C(NC1CCC(O)CC1)C1CCCN(c2ccc(-c3ccccc3)nn2)C1. The smallest absolute Gasteiger partial charge is 0.225 e. The van der Waals surface area contributed by atoms with Crippen LogP contribution in [0, 0.1) is 5.92 Å². The van der Waals surface area contributed by atoms with Crippen molar-refractivity contribution in [1.82, 2.24) is 15.5 Å². The largest absolute Gasteiger partial charge is 0.393 e. The molecule has 0 spiro atoms. The minimum absolute atomic E-state index is 0.0174. The van der Waals surface area contributed by atoms with Gasteiger partial charge in [-0.1, -0.05) is 30.3 Å². The first kappa shape index (κ1) is 18.9. The van der Waals surface area contributed by atoms with Crippen LogP contribution in [0.4, 0.5) is 5.82 Å². The number of nitrogens with zero attached hydrogens (tertiary/aromatic N) is 3. The fourth-order valence-corrected chi connectivity index (χ4v) is 4.20. The zero-order chi connectivity index (χ0) is 19.3. The summed E-state index contributed by atoms with van der Waals surface area (Å²) in [5, 5.41) is 21.6. The van der Waals surface area contributed by atoms with Crippen LogP contribution in [0.2, 0.25) is 0 Å². The normalized spacial score (nSPS) is 25.3. The molecule has 1 aromatic heterocycles. The summed E-state index contributed by atoms with van der Waals surface area (Å²) in [6.07, 6.45) is 4.99. The van der Waals surface area contributed by atoms with Gasteiger partial charge in [-0.15, -0.1) is 10.2 Å². The highest BCUT2D eigenvalue weighted by molar-refractivity contribution is 5.80. The average molecular weight is 380 g/mol. The maximum absolute atomic E-state index is 12.7. The number of aliphatic hydroxyl groups excluding tert-OH is 1. The summed E-state index contributed by atoms with van der Waals surface area (Å²) in [6, 6.07) is 14.2. The molecule has 2 aliphatic rings. The summed E-state index contributed by atoms with van der Waals surface area (Å²) in [6.45, 7) is 1.58. The summed E-state index contributed by atoms with van der Waals surface area (Å²) in [7, 11) is 0. The number of hydrogen-bond donors (Lipinski definition) is 2. The van der Waals surface area contributed by atoms with E-state index in [4.69, 9.17) is 0 Å². The van der Waals surface area contributed by atoms with E-state index in [0.717, 1.165) is 62.1 Å². The van der Waals surface area contributed by atoms with E-state index in [9.17, 15) is 9.90 Å². The lowest BCUT2D eigenvalue weighted by Gasteiger charge is -2.34. The third-order valence-corrected chi connectivity index (χ3v) is 5.88. The van der Waals surface area contributed by atoms with Gasteiger partial charge in [0.05, 0.1) is 17.7 Å². The molecule has 4 rings (SSSR count). The van der Waals surface area contributed by atoms with E-state index in [1.54, 1.807) is 0 Å². The van der Waals surface area contributed by atoms with Gasteiger partial charge < -0.3 is 15.3 Å². The van der Waals surface area contributed by atoms with Crippen LogP contribution in [0.1, 0.15) is 38.5 Å². The van der Waals surface area contributed by atoms with Crippen molar-refractivity contribution in [2.45, 2.75) is 50.7 Å². The van der Waals surface area contributed by atoms with Crippen molar-refractivity contribution in [1.29, 1.82) is 0 Å². The number of nitrogens with one attached hydrogen (secondary N) is 1. The quantitative estimate of drug-likeness (QED) is 0.853. The predicted molar refractivity (Wildman–Crippen MR) is 109 cm³/mol. The zero-order valence-corrected chi connectivity index (χ0v) is 16.1. The lowest BCUT2D eigenvalue weighted by molar-refractivity contribution is -0.126. The minimum atomic E-state index is -0.198. The van der Waals surface area contributed by atoms with Crippen molar-refractivity contribution < 1.29 is 9.90 Å². The Morgan fingerprint density at radius 2 is 1.79 bits per heavy atom. The van der Waals surface area contributed by atoms with Crippen molar-refractivity contribution in [3.8, 4) is 11.3 Å². The molecule has 1 aromatic carbocycles. The molecule has 1 unspecified atom stereocenters. The van der Waals surface area contributed by atoms with Gasteiger partial charge in [-0.05, 0) is 50.7 Å². The predicted octanol–water partition coefficient (Wildman–Crippen LogP) is 2.78. The van der Waals surface area contributed by atoms with Gasteiger partial charge in [0.1, 0.15) is 0 Å². The highest BCUT2D eigenvalue weighted by atomic mass is 16.3. The number of carbonyl (C=O) groups excluding carboxylic acids is 1. The molecular formula is C22H28N4O2. The zero-order valence-electron chi connectivity index (χ0n) is 16.1. The lowest BCUT2D eigenvalue weighted by atomic mass is 9.91. The Kier molecular flexibility index (Phi) is 5.86. The van der Waals surface area contributed by atoms with Crippen LogP contribution in [0.15, 0.2) is 42.5 Å². The molecule has 1 amide bonds. The number of rotatable bonds is 4. The first-order chi connectivity index (χ1) is 13.7. The second kappa shape index (κ2) is 8.69. The molecule has 2 heterocycles. The van der Waals surface area contributed by atoms with Crippen LogP contribution in [-0.4, -0.2) is 46.4 Å². The Bertz CT molecular complexity index is 773. The first-order valence-corrected chi connectivity index (χ1v) is 10.3. The molecule has 6 heteroatoms. The van der Waals surface area contributed by atoms with Gasteiger partial charge in [-0.25, -0.2) is 0 Å². The van der Waals surface area contributed by atoms with Crippen molar-refractivity contribution in [2.24, 2.45) is 5.92 Å². The van der Waals surface area contributed by atoms with E-state index in [1.807, 2.05) is 42.5 Å². The molecule has 6 nitrogen and oxygen atoms in total. The Balaban J connectivity index is 1.36. The summed E-state index contributed by atoms with van der Waals surface area (Å²) in [5.74, 6) is 0.953. The van der Waals surface area contributed by atoms with Gasteiger partial charge in [0, 0.05) is 24.7 Å². The molecule has 2 N–H and O–H groups in total. The fourth-order valence-electron chi connectivity index (χ4n) is 4.20. The van der Waals surface area contributed by atoms with Crippen molar-refractivity contribution in [3.05, 3.63) is 42.5 Å². The van der Waals surface area contributed by atoms with Crippen LogP contribution < -0.4 is 10.2 Å². The van der Waals surface area contributed by atoms with Crippen LogP contribution in [0.25, 0.3) is 11.3 Å². The molecule has 28 heavy (non-hydrogen) atoms. The van der Waals surface area contributed by atoms with Crippen LogP contribution in [-0.2, 0) is 4.79 Å². The molecule has 1 atom stereocenters. The average Bonchev–Trinajstić information content (AvgIpc) is 2.76.